The van der Waals surface area contributed by atoms with E-state index in [2.05, 4.69) is 20.9 Å². The predicted octanol–water partition coefficient (Wildman–Crippen LogP) is 4.43. The molecule has 0 N–H and O–H groups in total. The maximum absolute atomic E-state index is 6.05. The van der Waals surface area contributed by atoms with Gasteiger partial charge in [0.05, 0.1) is 5.52 Å². The SMILES string of the molecule is ClCCc1cc2ccc(Br)cc2nc1Cl. The minimum atomic E-state index is 0.543. The zero-order valence-electron chi connectivity index (χ0n) is 7.80. The van der Waals surface area contributed by atoms with Crippen molar-refractivity contribution in [2.24, 2.45) is 0 Å². The summed E-state index contributed by atoms with van der Waals surface area (Å²) in [6, 6.07) is 7.99. The van der Waals surface area contributed by atoms with Gasteiger partial charge in [0.2, 0.25) is 0 Å². The highest BCUT2D eigenvalue weighted by molar-refractivity contribution is 9.10. The maximum atomic E-state index is 6.05. The summed E-state index contributed by atoms with van der Waals surface area (Å²) < 4.78 is 1.00. The molecule has 4 heteroatoms. The quantitative estimate of drug-likeness (QED) is 0.591. The topological polar surface area (TPSA) is 12.9 Å². The highest BCUT2D eigenvalue weighted by Crippen LogP contribution is 2.23. The van der Waals surface area contributed by atoms with Gasteiger partial charge < -0.3 is 0 Å². The third kappa shape index (κ3) is 2.44. The van der Waals surface area contributed by atoms with Crippen molar-refractivity contribution in [2.75, 3.05) is 5.88 Å². The average Bonchev–Trinajstić information content (AvgIpc) is 2.20. The molecule has 0 amide bonds. The van der Waals surface area contributed by atoms with Gasteiger partial charge in [-0.3, -0.25) is 0 Å². The van der Waals surface area contributed by atoms with Crippen LogP contribution in [0.2, 0.25) is 5.15 Å². The van der Waals surface area contributed by atoms with Crippen molar-refractivity contribution in [3.8, 4) is 0 Å². The lowest BCUT2D eigenvalue weighted by molar-refractivity contribution is 1.13. The van der Waals surface area contributed by atoms with E-state index in [4.69, 9.17) is 23.2 Å². The summed E-state index contributed by atoms with van der Waals surface area (Å²) in [5, 5.41) is 1.63. The van der Waals surface area contributed by atoms with Crippen LogP contribution in [0.4, 0.5) is 0 Å². The van der Waals surface area contributed by atoms with E-state index in [1.807, 2.05) is 24.3 Å². The van der Waals surface area contributed by atoms with Crippen molar-refractivity contribution >= 4 is 50.0 Å². The Morgan fingerprint density at radius 1 is 1.27 bits per heavy atom. The lowest BCUT2D eigenvalue weighted by Crippen LogP contribution is -1.91. The second-order valence-corrected chi connectivity index (χ2v) is 4.87. The number of hydrogen-bond donors (Lipinski definition) is 0. The van der Waals surface area contributed by atoms with E-state index in [1.165, 1.54) is 0 Å². The van der Waals surface area contributed by atoms with Gasteiger partial charge in [0.15, 0.2) is 0 Å². The Morgan fingerprint density at radius 2 is 2.07 bits per heavy atom. The van der Waals surface area contributed by atoms with Crippen LogP contribution >= 0.6 is 39.1 Å². The zero-order chi connectivity index (χ0) is 10.8. The molecular formula is C11H8BrCl2N. The van der Waals surface area contributed by atoms with Gasteiger partial charge in [-0.25, -0.2) is 4.98 Å². The standard InChI is InChI=1S/C11H8BrCl2N/c12-9-2-1-7-5-8(3-4-13)11(14)15-10(7)6-9/h1-2,5-6H,3-4H2. The molecule has 0 aliphatic heterocycles. The van der Waals surface area contributed by atoms with E-state index in [9.17, 15) is 0 Å². The first-order valence-electron chi connectivity index (χ1n) is 4.51. The number of rotatable bonds is 2. The Bertz CT molecular complexity index is 499. The molecule has 0 spiro atoms. The van der Waals surface area contributed by atoms with Crippen LogP contribution < -0.4 is 0 Å². The van der Waals surface area contributed by atoms with Gasteiger partial charge in [0.1, 0.15) is 5.15 Å². The number of aromatic nitrogens is 1. The number of pyridine rings is 1. The second kappa shape index (κ2) is 4.69. The van der Waals surface area contributed by atoms with Crippen LogP contribution in [-0.4, -0.2) is 10.9 Å². The summed E-state index contributed by atoms with van der Waals surface area (Å²) in [5.74, 6) is 0.559. The van der Waals surface area contributed by atoms with Crippen molar-refractivity contribution in [1.29, 1.82) is 0 Å². The van der Waals surface area contributed by atoms with Gasteiger partial charge in [0.25, 0.3) is 0 Å². The molecule has 0 saturated carbocycles. The highest BCUT2D eigenvalue weighted by atomic mass is 79.9. The maximum Gasteiger partial charge on any atom is 0.133 e. The molecule has 0 unspecified atom stereocenters. The molecule has 1 aromatic heterocycles. The van der Waals surface area contributed by atoms with E-state index >= 15 is 0 Å². The first kappa shape index (κ1) is 11.2. The van der Waals surface area contributed by atoms with Crippen LogP contribution in [0.5, 0.6) is 0 Å². The summed E-state index contributed by atoms with van der Waals surface area (Å²) >= 11 is 15.1. The number of fused-ring (bicyclic) bond motifs is 1. The molecule has 0 aliphatic carbocycles. The van der Waals surface area contributed by atoms with Gasteiger partial charge in [0, 0.05) is 15.7 Å². The number of halogens is 3. The minimum Gasteiger partial charge on any atom is -0.236 e. The van der Waals surface area contributed by atoms with Crippen LogP contribution in [-0.2, 0) is 6.42 Å². The van der Waals surface area contributed by atoms with Gasteiger partial charge >= 0.3 is 0 Å². The third-order valence-electron chi connectivity index (χ3n) is 2.17. The number of benzene rings is 1. The normalized spacial score (nSPS) is 10.9. The molecule has 2 aromatic rings. The minimum absolute atomic E-state index is 0.543. The second-order valence-electron chi connectivity index (χ2n) is 3.21. The van der Waals surface area contributed by atoms with E-state index in [1.54, 1.807) is 0 Å². The number of aryl methyl sites for hydroxylation is 1. The monoisotopic (exact) mass is 303 g/mol. The molecule has 0 saturated heterocycles. The lowest BCUT2D eigenvalue weighted by Gasteiger charge is -2.04. The smallest absolute Gasteiger partial charge is 0.133 e. The fourth-order valence-corrected chi connectivity index (χ4v) is 2.23. The Labute approximate surface area is 107 Å². The summed E-state index contributed by atoms with van der Waals surface area (Å²) in [5.41, 5.74) is 1.90. The molecule has 0 atom stereocenters. The summed E-state index contributed by atoms with van der Waals surface area (Å²) in [4.78, 5) is 4.33. The van der Waals surface area contributed by atoms with Gasteiger partial charge in [-0.2, -0.15) is 0 Å². The number of alkyl halides is 1. The largest absolute Gasteiger partial charge is 0.236 e. The van der Waals surface area contributed by atoms with Crippen molar-refractivity contribution in [1.82, 2.24) is 4.98 Å². The van der Waals surface area contributed by atoms with Crippen LogP contribution in [0, 0.1) is 0 Å². The molecule has 1 aromatic carbocycles. The lowest BCUT2D eigenvalue weighted by atomic mass is 10.1. The van der Waals surface area contributed by atoms with E-state index in [0.717, 1.165) is 27.4 Å². The fraction of sp³-hybridized carbons (Fsp3) is 0.182. The van der Waals surface area contributed by atoms with Crippen LogP contribution in [0.1, 0.15) is 5.56 Å². The Balaban J connectivity index is 2.60. The van der Waals surface area contributed by atoms with Crippen molar-refractivity contribution < 1.29 is 0 Å². The Morgan fingerprint density at radius 3 is 2.80 bits per heavy atom. The zero-order valence-corrected chi connectivity index (χ0v) is 10.9. The van der Waals surface area contributed by atoms with Gasteiger partial charge in [-0.1, -0.05) is 33.6 Å². The van der Waals surface area contributed by atoms with Gasteiger partial charge in [-0.15, -0.1) is 11.6 Å². The fourth-order valence-electron chi connectivity index (χ4n) is 1.44. The van der Waals surface area contributed by atoms with Crippen LogP contribution in [0.25, 0.3) is 10.9 Å². The molecule has 0 radical (unpaired) electrons. The summed E-state index contributed by atoms with van der Waals surface area (Å²) in [7, 11) is 0. The molecule has 0 aliphatic rings. The number of hydrogen-bond acceptors (Lipinski definition) is 1. The van der Waals surface area contributed by atoms with Crippen molar-refractivity contribution in [2.45, 2.75) is 6.42 Å². The number of nitrogens with zero attached hydrogens (tertiary/aromatic N) is 1. The molecule has 2 rings (SSSR count). The van der Waals surface area contributed by atoms with Gasteiger partial charge in [-0.05, 0) is 30.2 Å². The summed E-state index contributed by atoms with van der Waals surface area (Å²) in [6.45, 7) is 0. The molecule has 0 fully saturated rings. The first-order valence-corrected chi connectivity index (χ1v) is 6.22. The van der Waals surface area contributed by atoms with Crippen molar-refractivity contribution in [3.05, 3.63) is 39.5 Å². The van der Waals surface area contributed by atoms with Crippen LogP contribution in [0.15, 0.2) is 28.7 Å². The van der Waals surface area contributed by atoms with E-state index in [0.29, 0.717) is 11.0 Å². The first-order chi connectivity index (χ1) is 7.20. The van der Waals surface area contributed by atoms with Crippen LogP contribution in [0.3, 0.4) is 0 Å². The average molecular weight is 305 g/mol. The molecule has 0 bridgehead atoms. The van der Waals surface area contributed by atoms with E-state index < -0.39 is 0 Å². The highest BCUT2D eigenvalue weighted by Gasteiger charge is 2.04. The van der Waals surface area contributed by atoms with E-state index in [-0.39, 0.29) is 0 Å². The Kier molecular flexibility index (Phi) is 3.49. The summed E-state index contributed by atoms with van der Waals surface area (Å²) in [6.07, 6.45) is 0.749. The molecule has 1 nitrogen and oxygen atoms in total. The third-order valence-corrected chi connectivity index (χ3v) is 3.18. The Hall–Kier alpha value is -0.310. The molecular weight excluding hydrogens is 297 g/mol. The molecule has 15 heavy (non-hydrogen) atoms. The predicted molar refractivity (Wildman–Crippen MR) is 68.9 cm³/mol. The van der Waals surface area contributed by atoms with Crippen molar-refractivity contribution in [3.63, 3.8) is 0 Å². The molecule has 78 valence electrons. The molecule has 1 heterocycles.